The van der Waals surface area contributed by atoms with Gasteiger partial charge in [0.1, 0.15) is 5.82 Å². The van der Waals surface area contributed by atoms with Crippen molar-refractivity contribution in [1.29, 1.82) is 0 Å². The average Bonchev–Trinajstić information content (AvgIpc) is 2.97. The summed E-state index contributed by atoms with van der Waals surface area (Å²) in [4.78, 5) is 2.21. The molecule has 0 aliphatic carbocycles. The predicted octanol–water partition coefficient (Wildman–Crippen LogP) is 3.33. The monoisotopic (exact) mass is 294 g/mol. The van der Waals surface area contributed by atoms with Gasteiger partial charge >= 0.3 is 0 Å². The molecule has 3 nitrogen and oxygen atoms in total. The summed E-state index contributed by atoms with van der Waals surface area (Å²) < 4.78 is 19.6. The van der Waals surface area contributed by atoms with E-state index in [1.54, 1.807) is 12.1 Å². The number of benzene rings is 1. The average molecular weight is 294 g/mol. The van der Waals surface area contributed by atoms with Crippen molar-refractivity contribution in [1.82, 2.24) is 5.32 Å². The first-order valence-electron chi connectivity index (χ1n) is 8.09. The highest BCUT2D eigenvalue weighted by Gasteiger charge is 2.19. The summed E-state index contributed by atoms with van der Waals surface area (Å²) in [5.74, 6) is -0.161. The van der Waals surface area contributed by atoms with Crippen molar-refractivity contribution < 1.29 is 9.13 Å². The number of ether oxygens (including phenoxy) is 1. The number of hydrogen-bond acceptors (Lipinski definition) is 3. The first-order chi connectivity index (χ1) is 10.2. The minimum absolute atomic E-state index is 0.161. The number of nitrogens with one attached hydrogen (secondary N) is 1. The van der Waals surface area contributed by atoms with Crippen LogP contribution >= 0.6 is 0 Å². The van der Waals surface area contributed by atoms with Crippen LogP contribution in [0.4, 0.5) is 10.1 Å². The Morgan fingerprint density at radius 2 is 2.19 bits per heavy atom. The number of rotatable bonds is 8. The van der Waals surface area contributed by atoms with Crippen LogP contribution in [0, 0.1) is 5.82 Å². The number of halogens is 1. The molecule has 118 valence electrons. The Hall–Kier alpha value is -1.13. The van der Waals surface area contributed by atoms with Crippen molar-refractivity contribution in [2.75, 3.05) is 31.1 Å². The second-order valence-electron chi connectivity index (χ2n) is 5.67. The Morgan fingerprint density at radius 1 is 1.33 bits per heavy atom. The van der Waals surface area contributed by atoms with E-state index in [1.807, 2.05) is 0 Å². The highest BCUT2D eigenvalue weighted by atomic mass is 19.1. The standard InChI is InChI=1S/C17H27FN2O/c1-3-7-19-12-14-9-15(18)11-16(10-14)20(4-2)13-17-6-5-8-21-17/h9-11,17,19H,3-8,12-13H2,1-2H3. The molecule has 4 heteroatoms. The van der Waals surface area contributed by atoms with E-state index in [0.29, 0.717) is 0 Å². The Kier molecular flexibility index (Phi) is 6.46. The van der Waals surface area contributed by atoms with E-state index in [4.69, 9.17) is 4.74 Å². The third kappa shape index (κ3) is 4.97. The van der Waals surface area contributed by atoms with Gasteiger partial charge in [-0.15, -0.1) is 0 Å². The number of anilines is 1. The number of hydrogen-bond donors (Lipinski definition) is 1. The fraction of sp³-hybridized carbons (Fsp3) is 0.647. The van der Waals surface area contributed by atoms with Crippen molar-refractivity contribution in [2.24, 2.45) is 0 Å². The van der Waals surface area contributed by atoms with Crippen LogP contribution in [0.25, 0.3) is 0 Å². The van der Waals surface area contributed by atoms with Gasteiger partial charge in [-0.1, -0.05) is 6.92 Å². The van der Waals surface area contributed by atoms with E-state index in [2.05, 4.69) is 30.1 Å². The van der Waals surface area contributed by atoms with Crippen LogP contribution in [-0.2, 0) is 11.3 Å². The zero-order valence-electron chi connectivity index (χ0n) is 13.2. The Labute approximate surface area is 127 Å². The molecule has 2 rings (SSSR count). The van der Waals surface area contributed by atoms with Crippen molar-refractivity contribution in [3.63, 3.8) is 0 Å². The minimum atomic E-state index is -0.161. The molecule has 21 heavy (non-hydrogen) atoms. The van der Waals surface area contributed by atoms with Gasteiger partial charge in [-0.25, -0.2) is 4.39 Å². The van der Waals surface area contributed by atoms with E-state index in [-0.39, 0.29) is 11.9 Å². The Bertz CT molecular complexity index is 433. The van der Waals surface area contributed by atoms with E-state index in [0.717, 1.165) is 63.3 Å². The molecule has 1 aliphatic heterocycles. The van der Waals surface area contributed by atoms with Crippen LogP contribution in [-0.4, -0.2) is 32.3 Å². The maximum Gasteiger partial charge on any atom is 0.125 e. The van der Waals surface area contributed by atoms with Gasteiger partial charge in [-0.2, -0.15) is 0 Å². The zero-order chi connectivity index (χ0) is 15.1. The molecule has 1 aromatic carbocycles. The maximum atomic E-state index is 13.9. The van der Waals surface area contributed by atoms with Crippen LogP contribution in [0.1, 0.15) is 38.7 Å². The van der Waals surface area contributed by atoms with Crippen molar-refractivity contribution in [2.45, 2.75) is 45.8 Å². The lowest BCUT2D eigenvalue weighted by Crippen LogP contribution is -2.32. The van der Waals surface area contributed by atoms with Gasteiger partial charge in [0.15, 0.2) is 0 Å². The quantitative estimate of drug-likeness (QED) is 0.744. The summed E-state index contributed by atoms with van der Waals surface area (Å²) in [5, 5.41) is 3.33. The first kappa shape index (κ1) is 16.2. The molecule has 0 spiro atoms. The van der Waals surface area contributed by atoms with E-state index < -0.39 is 0 Å². The second-order valence-corrected chi connectivity index (χ2v) is 5.67. The molecular weight excluding hydrogens is 267 g/mol. The van der Waals surface area contributed by atoms with Crippen LogP contribution in [0.3, 0.4) is 0 Å². The van der Waals surface area contributed by atoms with E-state index >= 15 is 0 Å². The van der Waals surface area contributed by atoms with Crippen molar-refractivity contribution in [3.8, 4) is 0 Å². The van der Waals surface area contributed by atoms with Gasteiger partial charge in [0.2, 0.25) is 0 Å². The SMILES string of the molecule is CCCNCc1cc(F)cc(N(CC)CC2CCCO2)c1. The summed E-state index contributed by atoms with van der Waals surface area (Å²) in [5.41, 5.74) is 1.96. The molecule has 1 N–H and O–H groups in total. The fourth-order valence-corrected chi connectivity index (χ4v) is 2.78. The summed E-state index contributed by atoms with van der Waals surface area (Å²) in [6, 6.07) is 5.33. The van der Waals surface area contributed by atoms with Crippen LogP contribution < -0.4 is 10.2 Å². The third-order valence-corrected chi connectivity index (χ3v) is 3.89. The first-order valence-corrected chi connectivity index (χ1v) is 8.09. The van der Waals surface area contributed by atoms with Crippen molar-refractivity contribution in [3.05, 3.63) is 29.6 Å². The van der Waals surface area contributed by atoms with Crippen molar-refractivity contribution >= 4 is 5.69 Å². The fourth-order valence-electron chi connectivity index (χ4n) is 2.78. The lowest BCUT2D eigenvalue weighted by atomic mass is 10.1. The highest BCUT2D eigenvalue weighted by molar-refractivity contribution is 5.49. The Morgan fingerprint density at radius 3 is 2.86 bits per heavy atom. The molecule has 1 aromatic rings. The van der Waals surface area contributed by atoms with Gasteiger partial charge in [-0.05, 0) is 56.5 Å². The number of likely N-dealkylation sites (N-methyl/N-ethyl adjacent to an activating group) is 1. The molecule has 0 saturated carbocycles. The normalized spacial score (nSPS) is 18.1. The second kappa shape index (κ2) is 8.35. The van der Waals surface area contributed by atoms with Gasteiger partial charge in [0.25, 0.3) is 0 Å². The lowest BCUT2D eigenvalue weighted by molar-refractivity contribution is 0.115. The van der Waals surface area contributed by atoms with Crippen LogP contribution in [0.2, 0.25) is 0 Å². The maximum absolute atomic E-state index is 13.9. The summed E-state index contributed by atoms with van der Waals surface area (Å²) in [6.45, 7) is 8.49. The molecule has 1 fully saturated rings. The van der Waals surface area contributed by atoms with Gasteiger partial charge in [-0.3, -0.25) is 0 Å². The lowest BCUT2D eigenvalue weighted by Gasteiger charge is -2.26. The molecule has 0 amide bonds. The van der Waals surface area contributed by atoms with Gasteiger partial charge < -0.3 is 15.0 Å². The molecule has 1 aliphatic rings. The van der Waals surface area contributed by atoms with Gasteiger partial charge in [0, 0.05) is 31.9 Å². The zero-order valence-corrected chi connectivity index (χ0v) is 13.2. The summed E-state index contributed by atoms with van der Waals surface area (Å²) in [7, 11) is 0. The van der Waals surface area contributed by atoms with E-state index in [9.17, 15) is 4.39 Å². The molecule has 0 bridgehead atoms. The molecule has 1 unspecified atom stereocenters. The molecule has 1 atom stereocenters. The number of nitrogens with zero attached hydrogens (tertiary/aromatic N) is 1. The van der Waals surface area contributed by atoms with Crippen LogP contribution in [0.5, 0.6) is 0 Å². The topological polar surface area (TPSA) is 24.5 Å². The molecule has 1 saturated heterocycles. The van der Waals surface area contributed by atoms with Crippen LogP contribution in [0.15, 0.2) is 18.2 Å². The predicted molar refractivity (Wildman–Crippen MR) is 85.3 cm³/mol. The molecule has 0 aromatic heterocycles. The molecular formula is C17H27FN2O. The summed E-state index contributed by atoms with van der Waals surface area (Å²) >= 11 is 0. The largest absolute Gasteiger partial charge is 0.376 e. The highest BCUT2D eigenvalue weighted by Crippen LogP contribution is 2.22. The minimum Gasteiger partial charge on any atom is -0.376 e. The third-order valence-electron chi connectivity index (χ3n) is 3.89. The Balaban J connectivity index is 2.04. The molecule has 0 radical (unpaired) electrons. The molecule has 1 heterocycles. The van der Waals surface area contributed by atoms with Gasteiger partial charge in [0.05, 0.1) is 6.10 Å². The smallest absolute Gasteiger partial charge is 0.125 e. The van der Waals surface area contributed by atoms with E-state index in [1.165, 1.54) is 0 Å². The summed E-state index contributed by atoms with van der Waals surface area (Å²) in [6.07, 6.45) is 3.62.